The summed E-state index contributed by atoms with van der Waals surface area (Å²) in [6.07, 6.45) is 4.88. The Morgan fingerprint density at radius 2 is 2.12 bits per heavy atom. The van der Waals surface area contributed by atoms with E-state index in [1.165, 1.54) is 10.9 Å². The summed E-state index contributed by atoms with van der Waals surface area (Å²) in [7, 11) is 0. The molecule has 0 aliphatic rings. The first-order valence-corrected chi connectivity index (χ1v) is 10.9. The number of nitrogens with one attached hydrogen (secondary N) is 1. The molecule has 9 nitrogen and oxygen atoms in total. The van der Waals surface area contributed by atoms with Crippen LogP contribution < -0.4 is 10.9 Å². The Bertz CT molecular complexity index is 1300. The molecule has 0 saturated heterocycles. The number of hydrogen-bond donors (Lipinski definition) is 1. The van der Waals surface area contributed by atoms with Crippen LogP contribution in [0.1, 0.15) is 32.2 Å². The van der Waals surface area contributed by atoms with E-state index in [1.807, 2.05) is 26.0 Å². The van der Waals surface area contributed by atoms with Gasteiger partial charge in [0, 0.05) is 35.4 Å². The smallest absolute Gasteiger partial charge is 0.261 e. The summed E-state index contributed by atoms with van der Waals surface area (Å²) in [5.41, 5.74) is 1.15. The molecule has 10 heteroatoms. The molecule has 0 aliphatic heterocycles. The summed E-state index contributed by atoms with van der Waals surface area (Å²) < 4.78 is 7.64. The molecule has 0 radical (unpaired) electrons. The molecule has 3 heterocycles. The summed E-state index contributed by atoms with van der Waals surface area (Å²) in [6, 6.07) is 8.49. The van der Waals surface area contributed by atoms with Gasteiger partial charge in [-0.15, -0.1) is 0 Å². The van der Waals surface area contributed by atoms with Gasteiger partial charge in [-0.05, 0) is 36.2 Å². The summed E-state index contributed by atoms with van der Waals surface area (Å²) in [4.78, 5) is 38.2. The molecule has 4 rings (SSSR count). The zero-order valence-electron chi connectivity index (χ0n) is 17.5. The number of rotatable bonds is 7. The summed E-state index contributed by atoms with van der Waals surface area (Å²) in [5.74, 6) is 0.518. The van der Waals surface area contributed by atoms with Crippen LogP contribution in [0.3, 0.4) is 0 Å². The van der Waals surface area contributed by atoms with E-state index in [0.717, 1.165) is 10.0 Å². The van der Waals surface area contributed by atoms with E-state index in [1.54, 1.807) is 30.6 Å². The van der Waals surface area contributed by atoms with E-state index >= 15 is 0 Å². The average Bonchev–Trinajstić information content (AvgIpc) is 3.28. The van der Waals surface area contributed by atoms with Gasteiger partial charge in [0.1, 0.15) is 6.04 Å². The molecule has 0 bridgehead atoms. The first-order chi connectivity index (χ1) is 15.4. The van der Waals surface area contributed by atoms with Gasteiger partial charge < -0.3 is 9.84 Å². The second-order valence-electron chi connectivity index (χ2n) is 7.64. The molecule has 0 fully saturated rings. The molecule has 164 valence electrons. The van der Waals surface area contributed by atoms with E-state index in [0.29, 0.717) is 22.6 Å². The fourth-order valence-electron chi connectivity index (χ4n) is 3.25. The van der Waals surface area contributed by atoms with Crippen molar-refractivity contribution >= 4 is 32.7 Å². The SMILES string of the molecule is CC(C)C(NC(=O)CCn1cnc2ccc(Br)cc2c1=O)c1nc(-c2cccnc2)no1. The average molecular weight is 497 g/mol. The lowest BCUT2D eigenvalue weighted by Crippen LogP contribution is -2.33. The fourth-order valence-corrected chi connectivity index (χ4v) is 3.61. The number of nitrogens with zero attached hydrogens (tertiary/aromatic N) is 5. The lowest BCUT2D eigenvalue weighted by Gasteiger charge is -2.18. The number of benzene rings is 1. The van der Waals surface area contributed by atoms with Crippen LogP contribution in [0, 0.1) is 5.92 Å². The minimum atomic E-state index is -0.456. The number of amides is 1. The Hall–Kier alpha value is -3.40. The molecule has 32 heavy (non-hydrogen) atoms. The van der Waals surface area contributed by atoms with Gasteiger partial charge in [0.05, 0.1) is 17.2 Å². The van der Waals surface area contributed by atoms with Crippen molar-refractivity contribution in [2.24, 2.45) is 5.92 Å². The zero-order valence-corrected chi connectivity index (χ0v) is 19.1. The third kappa shape index (κ3) is 4.75. The summed E-state index contributed by atoms with van der Waals surface area (Å²) in [5, 5.41) is 7.44. The predicted molar refractivity (Wildman–Crippen MR) is 122 cm³/mol. The number of aryl methyl sites for hydroxylation is 1. The van der Waals surface area contributed by atoms with Crippen molar-refractivity contribution in [3.05, 3.63) is 69.8 Å². The molecule has 4 aromatic rings. The quantitative estimate of drug-likeness (QED) is 0.416. The van der Waals surface area contributed by atoms with Crippen LogP contribution in [0.15, 0.2) is 62.8 Å². The van der Waals surface area contributed by atoms with E-state index in [2.05, 4.69) is 41.4 Å². The largest absolute Gasteiger partial charge is 0.344 e. The molecular weight excluding hydrogens is 476 g/mol. The number of pyridine rings is 1. The van der Waals surface area contributed by atoms with Crippen molar-refractivity contribution in [1.82, 2.24) is 30.0 Å². The van der Waals surface area contributed by atoms with E-state index < -0.39 is 6.04 Å². The fraction of sp³-hybridized carbons (Fsp3) is 0.273. The highest BCUT2D eigenvalue weighted by Gasteiger charge is 2.25. The third-order valence-electron chi connectivity index (χ3n) is 4.98. The number of aromatic nitrogens is 5. The van der Waals surface area contributed by atoms with Gasteiger partial charge in [-0.3, -0.25) is 19.1 Å². The van der Waals surface area contributed by atoms with Gasteiger partial charge in [0.25, 0.3) is 5.56 Å². The number of hydrogen-bond acceptors (Lipinski definition) is 7. The Morgan fingerprint density at radius 3 is 2.88 bits per heavy atom. The number of carbonyl (C=O) groups is 1. The molecular formula is C22H21BrN6O3. The number of carbonyl (C=O) groups excluding carboxylic acids is 1. The van der Waals surface area contributed by atoms with Crippen LogP contribution >= 0.6 is 15.9 Å². The Balaban J connectivity index is 1.45. The third-order valence-corrected chi connectivity index (χ3v) is 5.47. The van der Waals surface area contributed by atoms with Crippen LogP contribution in [-0.2, 0) is 11.3 Å². The molecule has 1 N–H and O–H groups in total. The maximum Gasteiger partial charge on any atom is 0.261 e. The van der Waals surface area contributed by atoms with Crippen molar-refractivity contribution < 1.29 is 9.32 Å². The second kappa shape index (κ2) is 9.39. The van der Waals surface area contributed by atoms with E-state index in [-0.39, 0.29) is 30.3 Å². The molecule has 1 amide bonds. The van der Waals surface area contributed by atoms with Crippen LogP contribution in [0.5, 0.6) is 0 Å². The van der Waals surface area contributed by atoms with Gasteiger partial charge in [-0.25, -0.2) is 4.98 Å². The topological polar surface area (TPSA) is 116 Å². The number of fused-ring (bicyclic) bond motifs is 1. The summed E-state index contributed by atoms with van der Waals surface area (Å²) in [6.45, 7) is 4.11. The molecule has 1 unspecified atom stereocenters. The van der Waals surface area contributed by atoms with Crippen LogP contribution in [0.4, 0.5) is 0 Å². The minimum absolute atomic E-state index is 0.0172. The van der Waals surface area contributed by atoms with Crippen molar-refractivity contribution in [3.63, 3.8) is 0 Å². The van der Waals surface area contributed by atoms with Crippen molar-refractivity contribution in [3.8, 4) is 11.4 Å². The van der Waals surface area contributed by atoms with Gasteiger partial charge in [0.15, 0.2) is 0 Å². The highest BCUT2D eigenvalue weighted by molar-refractivity contribution is 9.10. The zero-order chi connectivity index (χ0) is 22.7. The highest BCUT2D eigenvalue weighted by atomic mass is 79.9. The molecule has 0 aliphatic carbocycles. The predicted octanol–water partition coefficient (Wildman–Crippen LogP) is 3.51. The summed E-state index contributed by atoms with van der Waals surface area (Å²) >= 11 is 3.37. The lowest BCUT2D eigenvalue weighted by atomic mass is 10.0. The van der Waals surface area contributed by atoms with Crippen molar-refractivity contribution in [2.75, 3.05) is 0 Å². The van der Waals surface area contributed by atoms with Crippen molar-refractivity contribution in [2.45, 2.75) is 32.9 Å². The first-order valence-electron chi connectivity index (χ1n) is 10.1. The Kier molecular flexibility index (Phi) is 6.40. The highest BCUT2D eigenvalue weighted by Crippen LogP contribution is 2.23. The normalized spacial score (nSPS) is 12.2. The van der Waals surface area contributed by atoms with E-state index in [4.69, 9.17) is 4.52 Å². The molecule has 3 aromatic heterocycles. The van der Waals surface area contributed by atoms with Gasteiger partial charge in [-0.1, -0.05) is 34.9 Å². The molecule has 1 atom stereocenters. The monoisotopic (exact) mass is 496 g/mol. The Morgan fingerprint density at radius 1 is 1.28 bits per heavy atom. The molecule has 0 saturated carbocycles. The van der Waals surface area contributed by atoms with Gasteiger partial charge in [-0.2, -0.15) is 4.98 Å². The Labute approximate surface area is 192 Å². The van der Waals surface area contributed by atoms with Gasteiger partial charge >= 0.3 is 0 Å². The second-order valence-corrected chi connectivity index (χ2v) is 8.56. The standard InChI is InChI=1S/C22H21BrN6O3/c1-13(2)19(21-27-20(28-32-21)14-4-3-8-24-11-14)26-18(30)7-9-29-12-25-17-6-5-15(23)10-16(17)22(29)31/h3-6,8,10-13,19H,7,9H2,1-2H3,(H,26,30). The number of halogens is 1. The van der Waals surface area contributed by atoms with Crippen LogP contribution in [0.2, 0.25) is 0 Å². The van der Waals surface area contributed by atoms with Gasteiger partial charge in [0.2, 0.25) is 17.6 Å². The maximum absolute atomic E-state index is 12.7. The molecule has 1 aromatic carbocycles. The van der Waals surface area contributed by atoms with Crippen molar-refractivity contribution in [1.29, 1.82) is 0 Å². The maximum atomic E-state index is 12.7. The first kappa shape index (κ1) is 21.8. The van der Waals surface area contributed by atoms with E-state index in [9.17, 15) is 9.59 Å². The molecule has 0 spiro atoms. The van der Waals surface area contributed by atoms with Crippen LogP contribution in [0.25, 0.3) is 22.3 Å². The minimum Gasteiger partial charge on any atom is -0.344 e. The van der Waals surface area contributed by atoms with Crippen LogP contribution in [-0.4, -0.2) is 30.6 Å². The lowest BCUT2D eigenvalue weighted by molar-refractivity contribution is -0.122.